The Hall–Kier alpha value is -1.89. The minimum Gasteiger partial charge on any atom is -0.480 e. The molecule has 7 heteroatoms. The molecule has 0 spiro atoms. The second-order valence-electron chi connectivity index (χ2n) is 5.99. The molecule has 3 heterocycles. The fraction of sp³-hybridized carbons (Fsp3) is 0.533. The molecule has 3 rings (SSSR count). The third-order valence-electron chi connectivity index (χ3n) is 4.10. The van der Waals surface area contributed by atoms with Gasteiger partial charge in [-0.3, -0.25) is 9.48 Å². The normalized spacial score (nSPS) is 18.5. The van der Waals surface area contributed by atoms with Crippen LogP contribution < -0.4 is 0 Å². The van der Waals surface area contributed by atoms with Crippen molar-refractivity contribution in [1.82, 2.24) is 14.7 Å². The summed E-state index contributed by atoms with van der Waals surface area (Å²) < 4.78 is 1.80. The predicted octanol–water partition coefficient (Wildman–Crippen LogP) is 2.45. The summed E-state index contributed by atoms with van der Waals surface area (Å²) in [5, 5.41) is 14.7. The highest BCUT2D eigenvalue weighted by Gasteiger charge is 2.35. The lowest BCUT2D eigenvalue weighted by Gasteiger charge is -2.20. The summed E-state index contributed by atoms with van der Waals surface area (Å²) in [6, 6.07) is 1.17. The maximum atomic E-state index is 12.7. The molecule has 1 saturated heterocycles. The van der Waals surface area contributed by atoms with Gasteiger partial charge in [-0.25, -0.2) is 4.79 Å². The van der Waals surface area contributed by atoms with E-state index < -0.39 is 12.0 Å². The number of aromatic nitrogens is 2. The SMILES string of the molecule is CC(C)c1nn(C)c2sc(C(=O)N3CCCC3C(=O)O)cc12. The summed E-state index contributed by atoms with van der Waals surface area (Å²) in [5.74, 6) is -0.822. The standard InChI is InChI=1S/C15H19N3O3S/c1-8(2)12-9-7-11(22-14(9)17(3)16-12)13(19)18-6-4-5-10(18)15(20)21/h7-8,10H,4-6H2,1-3H3,(H,20,21). The summed E-state index contributed by atoms with van der Waals surface area (Å²) in [6.07, 6.45) is 1.27. The predicted molar refractivity (Wildman–Crippen MR) is 84.4 cm³/mol. The van der Waals surface area contributed by atoms with Gasteiger partial charge in [-0.2, -0.15) is 5.10 Å². The first-order chi connectivity index (χ1) is 10.4. The summed E-state index contributed by atoms with van der Waals surface area (Å²) in [4.78, 5) is 27.0. The molecule has 118 valence electrons. The van der Waals surface area contributed by atoms with Gasteiger partial charge in [0.05, 0.1) is 10.6 Å². The molecule has 2 aromatic rings. The first-order valence-corrected chi connectivity index (χ1v) is 8.22. The van der Waals surface area contributed by atoms with Crippen LogP contribution in [0.2, 0.25) is 0 Å². The number of hydrogen-bond acceptors (Lipinski definition) is 4. The van der Waals surface area contributed by atoms with E-state index in [0.717, 1.165) is 22.3 Å². The van der Waals surface area contributed by atoms with Gasteiger partial charge in [0, 0.05) is 19.0 Å². The number of aryl methyl sites for hydroxylation is 1. The Bertz CT molecular complexity index is 747. The number of carbonyl (C=O) groups excluding carboxylic acids is 1. The number of carbonyl (C=O) groups is 2. The first-order valence-electron chi connectivity index (χ1n) is 7.40. The summed E-state index contributed by atoms with van der Waals surface area (Å²) in [6.45, 7) is 4.66. The van der Waals surface area contributed by atoms with Crippen molar-refractivity contribution in [1.29, 1.82) is 0 Å². The molecular weight excluding hydrogens is 302 g/mol. The quantitative estimate of drug-likeness (QED) is 0.942. The van der Waals surface area contributed by atoms with E-state index in [4.69, 9.17) is 0 Å². The number of carboxylic acid groups (broad SMARTS) is 1. The van der Waals surface area contributed by atoms with Gasteiger partial charge in [0.25, 0.3) is 5.91 Å². The minimum atomic E-state index is -0.920. The lowest BCUT2D eigenvalue weighted by Crippen LogP contribution is -2.40. The number of hydrogen-bond donors (Lipinski definition) is 1. The number of nitrogens with zero attached hydrogens (tertiary/aromatic N) is 3. The Morgan fingerprint density at radius 1 is 1.45 bits per heavy atom. The van der Waals surface area contributed by atoms with E-state index in [0.29, 0.717) is 17.8 Å². The third-order valence-corrected chi connectivity index (χ3v) is 5.29. The number of amides is 1. The molecule has 22 heavy (non-hydrogen) atoms. The molecule has 1 aliphatic heterocycles. The van der Waals surface area contributed by atoms with Gasteiger partial charge in [0.2, 0.25) is 0 Å². The van der Waals surface area contributed by atoms with Crippen LogP contribution in [0.25, 0.3) is 10.2 Å². The van der Waals surface area contributed by atoms with Gasteiger partial charge >= 0.3 is 5.97 Å². The van der Waals surface area contributed by atoms with Crippen molar-refractivity contribution in [2.75, 3.05) is 6.54 Å². The van der Waals surface area contributed by atoms with Gasteiger partial charge in [-0.1, -0.05) is 13.8 Å². The number of likely N-dealkylation sites (tertiary alicyclic amines) is 1. The van der Waals surface area contributed by atoms with Crippen LogP contribution in [0.3, 0.4) is 0 Å². The first kappa shape index (κ1) is 15.0. The zero-order chi connectivity index (χ0) is 16.0. The van der Waals surface area contributed by atoms with Crippen molar-refractivity contribution in [2.45, 2.75) is 38.6 Å². The van der Waals surface area contributed by atoms with Crippen LogP contribution in [0.5, 0.6) is 0 Å². The van der Waals surface area contributed by atoms with Crippen LogP contribution in [-0.4, -0.2) is 44.3 Å². The molecule has 0 aromatic carbocycles. The molecule has 1 atom stereocenters. The van der Waals surface area contributed by atoms with Crippen LogP contribution in [0, 0.1) is 0 Å². The molecule has 1 amide bonds. The van der Waals surface area contributed by atoms with Crippen LogP contribution in [0.15, 0.2) is 6.07 Å². The minimum absolute atomic E-state index is 0.180. The molecule has 0 bridgehead atoms. The highest BCUT2D eigenvalue weighted by molar-refractivity contribution is 7.20. The second kappa shape index (κ2) is 5.39. The maximum Gasteiger partial charge on any atom is 0.326 e. The number of rotatable bonds is 3. The highest BCUT2D eigenvalue weighted by atomic mass is 32.1. The van der Waals surface area contributed by atoms with Crippen molar-refractivity contribution in [3.05, 3.63) is 16.6 Å². The number of fused-ring (bicyclic) bond motifs is 1. The van der Waals surface area contributed by atoms with Gasteiger partial charge in [0.1, 0.15) is 10.9 Å². The molecule has 6 nitrogen and oxygen atoms in total. The van der Waals surface area contributed by atoms with Gasteiger partial charge in [-0.05, 0) is 24.8 Å². The van der Waals surface area contributed by atoms with E-state index >= 15 is 0 Å². The fourth-order valence-corrected chi connectivity index (χ4v) is 4.04. The summed E-state index contributed by atoms with van der Waals surface area (Å²) >= 11 is 1.39. The molecule has 0 saturated carbocycles. The van der Waals surface area contributed by atoms with Crippen LogP contribution in [-0.2, 0) is 11.8 Å². The lowest BCUT2D eigenvalue weighted by atomic mass is 10.1. The lowest BCUT2D eigenvalue weighted by molar-refractivity contribution is -0.141. The third kappa shape index (κ3) is 2.29. The average Bonchev–Trinajstić information content (AvgIpc) is 3.13. The molecule has 0 radical (unpaired) electrons. The van der Waals surface area contributed by atoms with E-state index in [2.05, 4.69) is 18.9 Å². The van der Waals surface area contributed by atoms with Crippen LogP contribution in [0.4, 0.5) is 0 Å². The van der Waals surface area contributed by atoms with Crippen molar-refractivity contribution in [3.63, 3.8) is 0 Å². The molecule has 1 aliphatic rings. The Morgan fingerprint density at radius 3 is 2.82 bits per heavy atom. The Kier molecular flexibility index (Phi) is 3.68. The highest BCUT2D eigenvalue weighted by Crippen LogP contribution is 2.33. The second-order valence-corrected chi connectivity index (χ2v) is 7.02. The van der Waals surface area contributed by atoms with Crippen molar-refractivity contribution >= 4 is 33.4 Å². The maximum absolute atomic E-state index is 12.7. The molecule has 1 unspecified atom stereocenters. The molecule has 0 aliphatic carbocycles. The molecule has 1 fully saturated rings. The molecule has 1 N–H and O–H groups in total. The summed E-state index contributed by atoms with van der Waals surface area (Å²) in [7, 11) is 1.87. The van der Waals surface area contributed by atoms with E-state index in [9.17, 15) is 14.7 Å². The monoisotopic (exact) mass is 321 g/mol. The Labute approximate surface area is 132 Å². The zero-order valence-corrected chi connectivity index (χ0v) is 13.7. The number of thiophene rings is 1. The van der Waals surface area contributed by atoms with Gasteiger partial charge in [-0.15, -0.1) is 11.3 Å². The van der Waals surface area contributed by atoms with Gasteiger partial charge in [0.15, 0.2) is 0 Å². The average molecular weight is 321 g/mol. The van der Waals surface area contributed by atoms with Gasteiger partial charge < -0.3 is 10.0 Å². The number of aliphatic carboxylic acids is 1. The van der Waals surface area contributed by atoms with Crippen LogP contribution >= 0.6 is 11.3 Å². The van der Waals surface area contributed by atoms with Crippen LogP contribution in [0.1, 0.15) is 48.0 Å². The largest absolute Gasteiger partial charge is 0.480 e. The topological polar surface area (TPSA) is 75.4 Å². The van der Waals surface area contributed by atoms with Crippen molar-refractivity contribution in [3.8, 4) is 0 Å². The number of carboxylic acids is 1. The van der Waals surface area contributed by atoms with E-state index in [1.54, 1.807) is 4.68 Å². The fourth-order valence-electron chi connectivity index (χ4n) is 3.01. The molecular formula is C15H19N3O3S. The zero-order valence-electron chi connectivity index (χ0n) is 12.9. The van der Waals surface area contributed by atoms with Crippen molar-refractivity contribution in [2.24, 2.45) is 7.05 Å². The van der Waals surface area contributed by atoms with E-state index in [1.165, 1.54) is 16.2 Å². The van der Waals surface area contributed by atoms with E-state index in [1.807, 2.05) is 13.1 Å². The van der Waals surface area contributed by atoms with E-state index in [-0.39, 0.29) is 11.8 Å². The Balaban J connectivity index is 1.98. The smallest absolute Gasteiger partial charge is 0.326 e. The summed E-state index contributed by atoms with van der Waals surface area (Å²) in [5.41, 5.74) is 0.976. The van der Waals surface area contributed by atoms with Crippen molar-refractivity contribution < 1.29 is 14.7 Å². The Morgan fingerprint density at radius 2 is 2.18 bits per heavy atom. The molecule has 2 aromatic heterocycles.